The molecule has 6 aromatic rings. The number of aryl methyl sites for hydroxylation is 1. The van der Waals surface area contributed by atoms with E-state index in [1.54, 1.807) is 19.6 Å². The van der Waals surface area contributed by atoms with Crippen molar-refractivity contribution in [1.29, 1.82) is 0 Å². The lowest BCUT2D eigenvalue weighted by atomic mass is 10.1. The Bertz CT molecular complexity index is 3330. The third-order valence-corrected chi connectivity index (χ3v) is 11.5. The van der Waals surface area contributed by atoms with E-state index in [0.29, 0.717) is 12.1 Å². The van der Waals surface area contributed by atoms with Crippen LogP contribution in [0.15, 0.2) is 90.5 Å². The first-order valence-corrected chi connectivity index (χ1v) is 21.3. The second-order valence-corrected chi connectivity index (χ2v) is 15.9. The number of benzene rings is 2. The minimum Gasteiger partial charge on any atom is -0.477 e. The monoisotopic (exact) mass is 972 g/mol. The highest BCUT2D eigenvalue weighted by molar-refractivity contribution is 5.95. The molecular formula is C44H42F6N16O4. The molecule has 2 fully saturated rings. The number of hydrogen-bond acceptors (Lipinski definition) is 9. The minimum absolute atomic E-state index is 0.00463. The zero-order valence-corrected chi connectivity index (χ0v) is 37.0. The normalized spacial score (nSPS) is 15.4. The third kappa shape index (κ3) is 9.68. The summed E-state index contributed by atoms with van der Waals surface area (Å²) in [6, 6.07) is 7.40. The number of rotatable bonds is 8. The Morgan fingerprint density at radius 3 is 1.43 bits per heavy atom. The van der Waals surface area contributed by atoms with Crippen molar-refractivity contribution in [3.63, 3.8) is 0 Å². The Balaban J connectivity index is 0.862. The number of halogens is 6. The molecule has 26 heteroatoms. The molecule has 2 saturated heterocycles. The maximum absolute atomic E-state index is 15.6. The van der Waals surface area contributed by atoms with Gasteiger partial charge in [0, 0.05) is 82.4 Å². The lowest BCUT2D eigenvalue weighted by Crippen LogP contribution is -2.52. The van der Waals surface area contributed by atoms with Crippen LogP contribution >= 0.6 is 0 Å². The first-order valence-electron chi connectivity index (χ1n) is 21.3. The first kappa shape index (κ1) is 47.8. The molecule has 0 saturated carbocycles. The summed E-state index contributed by atoms with van der Waals surface area (Å²) in [6.45, 7) is 3.25. The van der Waals surface area contributed by atoms with Crippen LogP contribution in [0.1, 0.15) is 15.9 Å². The van der Waals surface area contributed by atoms with Crippen LogP contribution in [0.2, 0.25) is 0 Å². The van der Waals surface area contributed by atoms with E-state index in [4.69, 9.17) is 22.9 Å². The molecule has 0 aliphatic carbocycles. The zero-order chi connectivity index (χ0) is 50.1. The Morgan fingerprint density at radius 1 is 0.600 bits per heavy atom. The molecule has 2 aliphatic rings. The number of aromatic nitrogens is 4. The van der Waals surface area contributed by atoms with E-state index >= 15 is 8.78 Å². The Kier molecular flexibility index (Phi) is 13.3. The highest BCUT2D eigenvalue weighted by Gasteiger charge is 2.27. The average molecular weight is 973 g/mol. The van der Waals surface area contributed by atoms with Gasteiger partial charge in [-0.05, 0) is 43.3 Å². The zero-order valence-electron chi connectivity index (χ0n) is 37.0. The number of guanidine groups is 4. The molecule has 20 nitrogen and oxygen atoms in total. The Labute approximate surface area is 391 Å². The van der Waals surface area contributed by atoms with Gasteiger partial charge in [0.2, 0.25) is 17.3 Å². The highest BCUT2D eigenvalue weighted by Crippen LogP contribution is 2.28. The fraction of sp³-hybridized carbons (Fsp3) is 0.250. The van der Waals surface area contributed by atoms with E-state index in [2.05, 4.69) is 29.9 Å². The number of piperazine rings is 2. The van der Waals surface area contributed by atoms with Gasteiger partial charge in [-0.3, -0.25) is 18.7 Å². The summed E-state index contributed by atoms with van der Waals surface area (Å²) in [4.78, 5) is 69.7. The van der Waals surface area contributed by atoms with Gasteiger partial charge in [-0.1, -0.05) is 0 Å². The largest absolute Gasteiger partial charge is 0.477 e. The molecule has 2 aromatic carbocycles. The molecule has 9 N–H and O–H groups in total. The molecule has 0 bridgehead atoms. The van der Waals surface area contributed by atoms with Crippen LogP contribution < -0.4 is 43.6 Å². The quantitative estimate of drug-likeness (QED) is 0.0633. The highest BCUT2D eigenvalue weighted by atomic mass is 19.2. The van der Waals surface area contributed by atoms with Crippen molar-refractivity contribution in [2.75, 3.05) is 75.2 Å². The standard InChI is InChI=1S/C44H42F6N16O4/c1-22-20-65(32-4-2-23(45)16-28(32)47)36-25(34(22)67)18-30(49)38(57-36)61-8-12-63(13-9-61)43(53)59-41(51)55-6-7-56-42(52)60-44(54)64-14-10-62(11-15-64)39-31(50)19-26-35(68)27(40(69)70)21-66(37(26)58-39)33-5-3-24(46)17-29(33)48/h2-5,16-21H,6-15H2,1H3,(H,69,70)(H4,51,53,55,59)(H4,52,54,56,60). The maximum atomic E-state index is 15.6. The van der Waals surface area contributed by atoms with Crippen LogP contribution in [0.25, 0.3) is 33.4 Å². The second-order valence-electron chi connectivity index (χ2n) is 15.9. The molecular weight excluding hydrogens is 931 g/mol. The summed E-state index contributed by atoms with van der Waals surface area (Å²) in [6.07, 6.45) is 2.22. The third-order valence-electron chi connectivity index (χ3n) is 11.5. The maximum Gasteiger partial charge on any atom is 0.341 e. The van der Waals surface area contributed by atoms with Gasteiger partial charge in [-0.2, -0.15) is 9.98 Å². The topological polar surface area (TPSA) is 274 Å². The van der Waals surface area contributed by atoms with E-state index in [1.165, 1.54) is 23.8 Å². The van der Waals surface area contributed by atoms with Gasteiger partial charge in [0.1, 0.15) is 28.8 Å². The van der Waals surface area contributed by atoms with Gasteiger partial charge in [0.25, 0.3) is 0 Å². The number of aromatic carboxylic acids is 1. The van der Waals surface area contributed by atoms with E-state index in [-0.39, 0.29) is 135 Å². The summed E-state index contributed by atoms with van der Waals surface area (Å²) < 4.78 is 90.5. The smallest absolute Gasteiger partial charge is 0.341 e. The predicted molar refractivity (Wildman–Crippen MR) is 250 cm³/mol. The van der Waals surface area contributed by atoms with Gasteiger partial charge < -0.3 is 47.6 Å². The van der Waals surface area contributed by atoms with E-state index in [0.717, 1.165) is 41.1 Å². The summed E-state index contributed by atoms with van der Waals surface area (Å²) in [5, 5.41) is 9.12. The lowest BCUT2D eigenvalue weighted by Gasteiger charge is -2.36. The van der Waals surface area contributed by atoms with Gasteiger partial charge in [0.05, 0.1) is 35.2 Å². The number of carboxylic acids is 1. The average Bonchev–Trinajstić information content (AvgIpc) is 3.32. The van der Waals surface area contributed by atoms with Gasteiger partial charge in [-0.25, -0.2) is 51.1 Å². The Morgan fingerprint density at radius 2 is 1.01 bits per heavy atom. The SMILES string of the molecule is Cc1cn(-c2ccc(F)cc2F)c2nc(N3CCN(/C(N)=N/C(N)=NCCN=C(N)/N=C(\N)N4CCN(c5nc6c(cc5F)c(=O)c(C(=O)O)cn6-c5ccc(F)cc5F)CC4)CC3)c(F)cc2c1=O. The van der Waals surface area contributed by atoms with Crippen LogP contribution in [-0.2, 0) is 0 Å². The molecule has 0 radical (unpaired) electrons. The number of aliphatic imine (C=N–C) groups is 4. The number of hydrogen-bond donors (Lipinski definition) is 5. The summed E-state index contributed by atoms with van der Waals surface area (Å²) in [7, 11) is 0. The number of carbonyl (C=O) groups is 1. The van der Waals surface area contributed by atoms with Crippen molar-refractivity contribution in [3.8, 4) is 11.4 Å². The number of carboxylic acid groups (broad SMARTS) is 1. The van der Waals surface area contributed by atoms with Crippen molar-refractivity contribution in [2.45, 2.75) is 6.92 Å². The van der Waals surface area contributed by atoms with Gasteiger partial charge in [0.15, 0.2) is 51.9 Å². The minimum atomic E-state index is -1.64. The summed E-state index contributed by atoms with van der Waals surface area (Å²) in [5.74, 6) is -7.58. The van der Waals surface area contributed by atoms with Crippen molar-refractivity contribution in [2.24, 2.45) is 42.9 Å². The van der Waals surface area contributed by atoms with Crippen molar-refractivity contribution >= 4 is 63.5 Å². The van der Waals surface area contributed by atoms with Crippen molar-refractivity contribution in [1.82, 2.24) is 28.9 Å². The molecule has 6 heterocycles. The number of anilines is 2. The van der Waals surface area contributed by atoms with Gasteiger partial charge >= 0.3 is 5.97 Å². The van der Waals surface area contributed by atoms with Crippen molar-refractivity contribution in [3.05, 3.63) is 127 Å². The number of fused-ring (bicyclic) bond motifs is 2. The number of nitrogens with two attached hydrogens (primary N) is 4. The molecule has 2 aliphatic heterocycles. The fourth-order valence-electron chi connectivity index (χ4n) is 7.95. The molecule has 0 unspecified atom stereocenters. The predicted octanol–water partition coefficient (Wildman–Crippen LogP) is 2.13. The van der Waals surface area contributed by atoms with Crippen LogP contribution in [0.4, 0.5) is 38.0 Å². The number of pyridine rings is 4. The van der Waals surface area contributed by atoms with Gasteiger partial charge in [-0.15, -0.1) is 0 Å². The molecule has 0 atom stereocenters. The molecule has 364 valence electrons. The Hall–Kier alpha value is -8.71. The van der Waals surface area contributed by atoms with Crippen LogP contribution in [-0.4, -0.2) is 129 Å². The molecule has 0 amide bonds. The van der Waals surface area contributed by atoms with Crippen LogP contribution in [0, 0.1) is 41.8 Å². The van der Waals surface area contributed by atoms with Crippen molar-refractivity contribution < 1.29 is 36.2 Å². The van der Waals surface area contributed by atoms with E-state index < -0.39 is 62.7 Å². The summed E-state index contributed by atoms with van der Waals surface area (Å²) >= 11 is 0. The molecule has 8 rings (SSSR count). The molecule has 0 spiro atoms. The number of nitrogens with zero attached hydrogens (tertiary/aromatic N) is 12. The van der Waals surface area contributed by atoms with E-state index in [9.17, 15) is 37.1 Å². The second kappa shape index (κ2) is 19.5. The first-order chi connectivity index (χ1) is 33.4. The lowest BCUT2D eigenvalue weighted by molar-refractivity contribution is 0.0695. The summed E-state index contributed by atoms with van der Waals surface area (Å²) in [5.41, 5.74) is 21.7. The molecule has 70 heavy (non-hydrogen) atoms. The van der Waals surface area contributed by atoms with Crippen LogP contribution in [0.5, 0.6) is 0 Å². The fourth-order valence-corrected chi connectivity index (χ4v) is 7.95. The molecule has 4 aromatic heterocycles. The van der Waals surface area contributed by atoms with Crippen LogP contribution in [0.3, 0.4) is 0 Å². The van der Waals surface area contributed by atoms with E-state index in [1.807, 2.05) is 0 Å².